The Morgan fingerprint density at radius 1 is 1.13 bits per heavy atom. The highest BCUT2D eigenvalue weighted by molar-refractivity contribution is 6.00. The Bertz CT molecular complexity index is 712. The lowest BCUT2D eigenvalue weighted by molar-refractivity contribution is -0.142. The third-order valence-corrected chi connectivity index (χ3v) is 4.13. The lowest BCUT2D eigenvalue weighted by Crippen LogP contribution is -2.30. The number of amides is 1. The zero-order chi connectivity index (χ0) is 16.4. The molecule has 0 radical (unpaired) electrons. The summed E-state index contributed by atoms with van der Waals surface area (Å²) in [5, 5.41) is 9.52. The summed E-state index contributed by atoms with van der Waals surface area (Å²) in [5.74, 6) is -1.21. The molecule has 0 bridgehead atoms. The first-order valence-corrected chi connectivity index (χ1v) is 7.35. The van der Waals surface area contributed by atoms with Gasteiger partial charge in [-0.1, -0.05) is 30.3 Å². The van der Waals surface area contributed by atoms with Crippen molar-refractivity contribution in [1.29, 1.82) is 0 Å². The number of carbonyl (C=O) groups is 2. The summed E-state index contributed by atoms with van der Waals surface area (Å²) in [6.07, 6.45) is 0.000916. The largest absolute Gasteiger partial charge is 0.497 e. The Hall–Kier alpha value is -2.82. The van der Waals surface area contributed by atoms with Crippen LogP contribution in [0.4, 0.5) is 5.69 Å². The molecule has 2 atom stereocenters. The van der Waals surface area contributed by atoms with Crippen molar-refractivity contribution in [2.24, 2.45) is 5.92 Å². The summed E-state index contributed by atoms with van der Waals surface area (Å²) in [4.78, 5) is 25.6. The molecule has 0 aromatic heterocycles. The van der Waals surface area contributed by atoms with Gasteiger partial charge in [0.05, 0.1) is 19.1 Å². The van der Waals surface area contributed by atoms with Crippen molar-refractivity contribution >= 4 is 17.6 Å². The summed E-state index contributed by atoms with van der Waals surface area (Å²) < 4.78 is 5.14. The van der Waals surface area contributed by atoms with Crippen molar-refractivity contribution in [3.8, 4) is 5.75 Å². The molecule has 118 valence electrons. The second-order valence-corrected chi connectivity index (χ2v) is 5.47. The van der Waals surface area contributed by atoms with Crippen LogP contribution in [0.5, 0.6) is 5.75 Å². The van der Waals surface area contributed by atoms with Crippen molar-refractivity contribution in [3.63, 3.8) is 0 Å². The fraction of sp³-hybridized carbons (Fsp3) is 0.222. The number of nitrogens with zero attached hydrogens (tertiary/aromatic N) is 1. The van der Waals surface area contributed by atoms with Crippen molar-refractivity contribution in [2.45, 2.75) is 12.5 Å². The molecule has 0 unspecified atom stereocenters. The topological polar surface area (TPSA) is 66.8 Å². The minimum Gasteiger partial charge on any atom is -0.497 e. The number of benzene rings is 2. The van der Waals surface area contributed by atoms with Crippen LogP contribution in [0.25, 0.3) is 0 Å². The number of para-hydroxylation sites is 1. The van der Waals surface area contributed by atoms with Crippen LogP contribution in [0.15, 0.2) is 54.6 Å². The molecular weight excluding hydrogens is 294 g/mol. The summed E-state index contributed by atoms with van der Waals surface area (Å²) in [6.45, 7) is 0. The monoisotopic (exact) mass is 311 g/mol. The molecule has 0 aliphatic carbocycles. The van der Waals surface area contributed by atoms with Gasteiger partial charge in [-0.2, -0.15) is 0 Å². The second kappa shape index (κ2) is 6.12. The fourth-order valence-corrected chi connectivity index (χ4v) is 3.03. The number of carboxylic acid groups (broad SMARTS) is 1. The molecule has 1 amide bonds. The van der Waals surface area contributed by atoms with Gasteiger partial charge in [-0.25, -0.2) is 0 Å². The summed E-state index contributed by atoms with van der Waals surface area (Å²) in [7, 11) is 1.57. The molecule has 0 spiro atoms. The van der Waals surface area contributed by atoms with Crippen molar-refractivity contribution in [2.75, 3.05) is 12.0 Å². The molecule has 1 fully saturated rings. The van der Waals surface area contributed by atoms with E-state index in [4.69, 9.17) is 4.74 Å². The zero-order valence-corrected chi connectivity index (χ0v) is 12.7. The summed E-state index contributed by atoms with van der Waals surface area (Å²) >= 11 is 0. The van der Waals surface area contributed by atoms with E-state index in [1.165, 1.54) is 0 Å². The van der Waals surface area contributed by atoms with Crippen molar-refractivity contribution in [1.82, 2.24) is 0 Å². The molecule has 1 heterocycles. The first kappa shape index (κ1) is 15.1. The van der Waals surface area contributed by atoms with Crippen molar-refractivity contribution in [3.05, 3.63) is 60.2 Å². The van der Waals surface area contributed by atoms with Gasteiger partial charge in [-0.15, -0.1) is 0 Å². The van der Waals surface area contributed by atoms with Crippen molar-refractivity contribution < 1.29 is 19.4 Å². The highest BCUT2D eigenvalue weighted by Gasteiger charge is 2.45. The number of carbonyl (C=O) groups excluding carboxylic acids is 1. The summed E-state index contributed by atoms with van der Waals surface area (Å²) in [6, 6.07) is 15.8. The zero-order valence-electron chi connectivity index (χ0n) is 12.7. The predicted molar refractivity (Wildman–Crippen MR) is 85.4 cm³/mol. The Morgan fingerprint density at radius 2 is 1.78 bits per heavy atom. The highest BCUT2D eigenvalue weighted by Crippen LogP contribution is 2.41. The lowest BCUT2D eigenvalue weighted by atomic mass is 9.93. The van der Waals surface area contributed by atoms with E-state index in [1.54, 1.807) is 24.1 Å². The number of aliphatic carboxylic acids is 1. The Kier molecular flexibility index (Phi) is 4.02. The maximum absolute atomic E-state index is 12.4. The second-order valence-electron chi connectivity index (χ2n) is 5.47. The van der Waals surface area contributed by atoms with Gasteiger partial charge in [0.2, 0.25) is 5.91 Å². The van der Waals surface area contributed by atoms with E-state index in [0.29, 0.717) is 11.4 Å². The highest BCUT2D eigenvalue weighted by atomic mass is 16.5. The van der Waals surface area contributed by atoms with Crippen LogP contribution in [-0.4, -0.2) is 24.1 Å². The Morgan fingerprint density at radius 3 is 2.35 bits per heavy atom. The molecule has 2 aromatic carbocycles. The maximum atomic E-state index is 12.4. The van der Waals surface area contributed by atoms with Crippen LogP contribution < -0.4 is 9.64 Å². The van der Waals surface area contributed by atoms with Gasteiger partial charge in [0.1, 0.15) is 5.75 Å². The molecule has 2 aromatic rings. The molecular formula is C18H17NO4. The quantitative estimate of drug-likeness (QED) is 0.943. The number of hydrogen-bond acceptors (Lipinski definition) is 3. The Labute approximate surface area is 134 Å². The van der Waals surface area contributed by atoms with E-state index in [0.717, 1.165) is 5.56 Å². The molecule has 23 heavy (non-hydrogen) atoms. The van der Waals surface area contributed by atoms with Gasteiger partial charge < -0.3 is 14.7 Å². The minimum atomic E-state index is -0.961. The number of ether oxygens (including phenoxy) is 1. The number of methoxy groups -OCH3 is 1. The normalized spacial score (nSPS) is 20.6. The van der Waals surface area contributed by atoms with E-state index in [9.17, 15) is 14.7 Å². The number of anilines is 1. The Balaban J connectivity index is 2.05. The van der Waals surface area contributed by atoms with Crippen LogP contribution in [-0.2, 0) is 9.59 Å². The third-order valence-electron chi connectivity index (χ3n) is 4.13. The van der Waals surface area contributed by atoms with E-state index < -0.39 is 17.9 Å². The van der Waals surface area contributed by atoms with Gasteiger partial charge in [0, 0.05) is 12.1 Å². The van der Waals surface area contributed by atoms with E-state index in [-0.39, 0.29) is 12.3 Å². The lowest BCUT2D eigenvalue weighted by Gasteiger charge is -2.27. The predicted octanol–water partition coefficient (Wildman–Crippen LogP) is 2.87. The van der Waals surface area contributed by atoms with Gasteiger partial charge in [0.25, 0.3) is 0 Å². The first-order valence-electron chi connectivity index (χ1n) is 7.35. The van der Waals surface area contributed by atoms with Gasteiger partial charge >= 0.3 is 5.97 Å². The van der Waals surface area contributed by atoms with Gasteiger partial charge in [-0.05, 0) is 29.8 Å². The third kappa shape index (κ3) is 2.77. The van der Waals surface area contributed by atoms with Crippen LogP contribution in [0.3, 0.4) is 0 Å². The van der Waals surface area contributed by atoms with Crippen LogP contribution in [0.2, 0.25) is 0 Å². The molecule has 1 N–H and O–H groups in total. The van der Waals surface area contributed by atoms with Crippen LogP contribution in [0, 0.1) is 5.92 Å². The van der Waals surface area contributed by atoms with Crippen LogP contribution in [0.1, 0.15) is 18.0 Å². The van der Waals surface area contributed by atoms with E-state index in [1.807, 2.05) is 42.5 Å². The molecule has 1 saturated heterocycles. The van der Waals surface area contributed by atoms with Gasteiger partial charge in [-0.3, -0.25) is 9.59 Å². The standard InChI is InChI=1S/C18H17NO4/c1-23-14-9-7-12(8-10-14)17-15(18(21)22)11-16(20)19(17)13-5-3-2-4-6-13/h2-10,15,17H,11H2,1H3,(H,21,22)/t15-,17+/m1/s1. The average molecular weight is 311 g/mol. The molecule has 1 aliphatic heterocycles. The first-order chi connectivity index (χ1) is 11.1. The van der Waals surface area contributed by atoms with E-state index in [2.05, 4.69) is 0 Å². The molecule has 5 nitrogen and oxygen atoms in total. The number of rotatable bonds is 4. The maximum Gasteiger partial charge on any atom is 0.309 e. The number of hydrogen-bond donors (Lipinski definition) is 1. The minimum absolute atomic E-state index is 0.000916. The van der Waals surface area contributed by atoms with E-state index >= 15 is 0 Å². The molecule has 5 heteroatoms. The molecule has 3 rings (SSSR count). The molecule has 1 aliphatic rings. The van der Waals surface area contributed by atoms with Gasteiger partial charge in [0.15, 0.2) is 0 Å². The average Bonchev–Trinajstić information content (AvgIpc) is 2.93. The smallest absolute Gasteiger partial charge is 0.309 e. The number of carboxylic acids is 1. The SMILES string of the molecule is COc1ccc([C@H]2[C@H](C(=O)O)CC(=O)N2c2ccccc2)cc1. The summed E-state index contributed by atoms with van der Waals surface area (Å²) in [5.41, 5.74) is 1.50. The fourth-order valence-electron chi connectivity index (χ4n) is 3.03. The van der Waals surface area contributed by atoms with Crippen LogP contribution >= 0.6 is 0 Å². The molecule has 0 saturated carbocycles.